The van der Waals surface area contributed by atoms with Gasteiger partial charge in [0.25, 0.3) is 0 Å². The molecule has 266 valence electrons. The first-order valence-corrected chi connectivity index (χ1v) is 18.3. The zero-order valence-electron chi connectivity index (χ0n) is 27.2. The van der Waals surface area contributed by atoms with Gasteiger partial charge in [-0.05, 0) is 73.8 Å². The highest BCUT2D eigenvalue weighted by atomic mass is 35.5. The van der Waals surface area contributed by atoms with Gasteiger partial charge in [-0.1, -0.05) is 11.6 Å². The highest BCUT2D eigenvalue weighted by Crippen LogP contribution is 2.38. The van der Waals surface area contributed by atoms with Crippen molar-refractivity contribution in [1.29, 1.82) is 0 Å². The van der Waals surface area contributed by atoms with Crippen LogP contribution >= 0.6 is 22.9 Å². The Morgan fingerprint density at radius 3 is 2.39 bits per heavy atom. The smallest absolute Gasteiger partial charge is 0.397 e. The van der Waals surface area contributed by atoms with Crippen molar-refractivity contribution >= 4 is 51.6 Å². The Balaban J connectivity index is 1.03. The zero-order chi connectivity index (χ0) is 34.4. The molecule has 5 amide bonds. The number of urea groups is 2. The lowest BCUT2D eigenvalue weighted by Crippen LogP contribution is -2.63. The van der Waals surface area contributed by atoms with Crippen molar-refractivity contribution in [2.24, 2.45) is 5.92 Å². The standard InChI is InChI=1S/C33H42ClF3N8O3S/c34-25-16-20(15-24(28(25)38)33(35,36)37)17-26(30(46)43-12-10-42(11-13-43)27-19-41-6-1-21(27)2-7-41)39-31(47)44-8-3-23(4-9-44)45-18-22-5-14-49-29(22)40-32(45)48/h5,14-16,21,23,26-27H,1-4,6-13,17-19,38H2,(H,39,47)(H,40,48)/t26-,27?/m1/s1. The molecule has 5 fully saturated rings. The maximum atomic E-state index is 14.1. The van der Waals surface area contributed by atoms with Crippen LogP contribution in [0.5, 0.6) is 0 Å². The summed E-state index contributed by atoms with van der Waals surface area (Å²) in [5.74, 6) is 0.328. The Morgan fingerprint density at radius 2 is 1.73 bits per heavy atom. The van der Waals surface area contributed by atoms with Crippen LogP contribution in [0.2, 0.25) is 5.02 Å². The highest BCUT2D eigenvalue weighted by Gasteiger charge is 2.41. The molecule has 6 aliphatic rings. The van der Waals surface area contributed by atoms with E-state index in [1.807, 2.05) is 11.4 Å². The molecule has 11 nitrogen and oxygen atoms in total. The van der Waals surface area contributed by atoms with Crippen molar-refractivity contribution in [2.75, 3.05) is 70.0 Å². The Morgan fingerprint density at radius 1 is 1.02 bits per heavy atom. The number of hydrogen-bond acceptors (Lipinski definition) is 7. The molecule has 2 atom stereocenters. The molecule has 0 aliphatic carbocycles. The number of carbonyl (C=O) groups excluding carboxylic acids is 3. The van der Waals surface area contributed by atoms with Crippen molar-refractivity contribution in [3.63, 3.8) is 0 Å². The molecular weight excluding hydrogens is 681 g/mol. The van der Waals surface area contributed by atoms with Gasteiger partial charge < -0.3 is 30.7 Å². The third-order valence-electron chi connectivity index (χ3n) is 11.0. The maximum absolute atomic E-state index is 14.1. The second kappa shape index (κ2) is 13.8. The molecule has 1 unspecified atom stereocenters. The van der Waals surface area contributed by atoms with E-state index < -0.39 is 29.5 Å². The minimum atomic E-state index is -4.74. The van der Waals surface area contributed by atoms with Crippen molar-refractivity contribution < 1.29 is 27.6 Å². The summed E-state index contributed by atoms with van der Waals surface area (Å²) in [5.41, 5.74) is 5.24. The van der Waals surface area contributed by atoms with E-state index in [2.05, 4.69) is 20.4 Å². The van der Waals surface area contributed by atoms with Crippen molar-refractivity contribution in [2.45, 2.75) is 63.0 Å². The molecule has 5 saturated heterocycles. The van der Waals surface area contributed by atoms with Gasteiger partial charge in [0.15, 0.2) is 0 Å². The number of alkyl halides is 3. The molecule has 0 saturated carbocycles. The second-order valence-corrected chi connectivity index (χ2v) is 15.2. The molecule has 7 heterocycles. The number of benzene rings is 1. The number of hydrogen-bond donors (Lipinski definition) is 3. The molecular formula is C33H42ClF3N8O3S. The van der Waals surface area contributed by atoms with Gasteiger partial charge in [-0.15, -0.1) is 11.3 Å². The summed E-state index contributed by atoms with van der Waals surface area (Å²) in [6, 6.07) is 2.92. The summed E-state index contributed by atoms with van der Waals surface area (Å²) >= 11 is 7.62. The number of nitrogen functional groups attached to an aromatic ring is 1. The number of amides is 5. The second-order valence-electron chi connectivity index (χ2n) is 13.9. The van der Waals surface area contributed by atoms with Crippen LogP contribution in [0.1, 0.15) is 42.4 Å². The SMILES string of the molecule is Nc1c(Cl)cc(C[C@@H](NC(=O)N2CCC(N3Cc4ccsc4NC3=O)CC2)C(=O)N2CCN(C3CN4CCC3CC4)CC2)cc1C(F)(F)F. The van der Waals surface area contributed by atoms with E-state index in [-0.39, 0.29) is 35.0 Å². The summed E-state index contributed by atoms with van der Waals surface area (Å²) in [6.07, 6.45) is -1.41. The fourth-order valence-corrected chi connectivity index (χ4v) is 9.25. The van der Waals surface area contributed by atoms with E-state index in [4.69, 9.17) is 17.3 Å². The topological polar surface area (TPSA) is 117 Å². The summed E-state index contributed by atoms with van der Waals surface area (Å²) in [6.45, 7) is 6.93. The fourth-order valence-electron chi connectivity index (χ4n) is 8.21. The van der Waals surface area contributed by atoms with Crippen LogP contribution in [0.25, 0.3) is 0 Å². The first-order chi connectivity index (χ1) is 23.4. The van der Waals surface area contributed by atoms with Gasteiger partial charge in [0.05, 0.1) is 22.8 Å². The lowest BCUT2D eigenvalue weighted by atomic mass is 9.83. The van der Waals surface area contributed by atoms with Crippen molar-refractivity contribution in [3.8, 4) is 0 Å². The average Bonchev–Trinajstić information content (AvgIpc) is 3.56. The third-order valence-corrected chi connectivity index (χ3v) is 12.2. The molecule has 49 heavy (non-hydrogen) atoms. The quantitative estimate of drug-likeness (QED) is 0.382. The first kappa shape index (κ1) is 34.2. The van der Waals surface area contributed by atoms with Gasteiger partial charge in [0.1, 0.15) is 11.0 Å². The molecule has 2 bridgehead atoms. The Kier molecular flexibility index (Phi) is 9.63. The van der Waals surface area contributed by atoms with E-state index in [0.29, 0.717) is 70.6 Å². The fraction of sp³-hybridized carbons (Fsp3) is 0.606. The number of nitrogens with zero attached hydrogens (tertiary/aromatic N) is 5. The first-order valence-electron chi connectivity index (χ1n) is 17.0. The summed E-state index contributed by atoms with van der Waals surface area (Å²) in [4.78, 5) is 50.6. The Hall–Kier alpha value is -3.27. The van der Waals surface area contributed by atoms with Crippen molar-refractivity contribution in [1.82, 2.24) is 29.8 Å². The number of thiophene rings is 1. The van der Waals surface area contributed by atoms with Crippen LogP contribution in [0.4, 0.5) is 33.4 Å². The van der Waals surface area contributed by atoms with Crippen LogP contribution in [0.15, 0.2) is 23.6 Å². The lowest BCUT2D eigenvalue weighted by Gasteiger charge is -2.51. The van der Waals surface area contributed by atoms with Crippen LogP contribution in [0.3, 0.4) is 0 Å². The number of piperazine rings is 1. The molecule has 0 spiro atoms. The Labute approximate surface area is 292 Å². The molecule has 16 heteroatoms. The van der Waals surface area contributed by atoms with Gasteiger partial charge in [-0.3, -0.25) is 15.0 Å². The van der Waals surface area contributed by atoms with E-state index in [0.717, 1.165) is 36.3 Å². The molecule has 8 rings (SSSR count). The molecule has 0 radical (unpaired) electrons. The third kappa shape index (κ3) is 7.17. The molecule has 6 aliphatic heterocycles. The van der Waals surface area contributed by atoms with Gasteiger partial charge in [0.2, 0.25) is 5.91 Å². The van der Waals surface area contributed by atoms with E-state index in [1.165, 1.54) is 30.2 Å². The zero-order valence-corrected chi connectivity index (χ0v) is 28.8. The molecule has 1 aromatic heterocycles. The number of nitrogens with one attached hydrogen (secondary N) is 2. The minimum absolute atomic E-state index is 0.0558. The monoisotopic (exact) mass is 722 g/mol. The average molecular weight is 723 g/mol. The van der Waals surface area contributed by atoms with Gasteiger partial charge >= 0.3 is 18.2 Å². The number of carbonyl (C=O) groups is 3. The van der Waals surface area contributed by atoms with E-state index in [9.17, 15) is 27.6 Å². The number of fused-ring (bicyclic) bond motifs is 4. The van der Waals surface area contributed by atoms with Gasteiger partial charge in [-0.25, -0.2) is 9.59 Å². The van der Waals surface area contributed by atoms with Crippen LogP contribution in [0, 0.1) is 5.92 Å². The highest BCUT2D eigenvalue weighted by molar-refractivity contribution is 7.14. The largest absolute Gasteiger partial charge is 0.418 e. The minimum Gasteiger partial charge on any atom is -0.397 e. The van der Waals surface area contributed by atoms with Crippen molar-refractivity contribution in [3.05, 3.63) is 45.3 Å². The number of likely N-dealkylation sites (tertiary alicyclic amines) is 1. The predicted molar refractivity (Wildman–Crippen MR) is 181 cm³/mol. The number of piperidine rings is 4. The van der Waals surface area contributed by atoms with E-state index >= 15 is 0 Å². The van der Waals surface area contributed by atoms with Gasteiger partial charge in [-0.2, -0.15) is 13.2 Å². The summed E-state index contributed by atoms with van der Waals surface area (Å²) < 4.78 is 41.4. The lowest BCUT2D eigenvalue weighted by molar-refractivity contribution is -0.137. The summed E-state index contributed by atoms with van der Waals surface area (Å²) in [5, 5.41) is 8.35. The normalized spacial score (nSPS) is 25.6. The Bertz CT molecular complexity index is 1570. The number of anilines is 2. The van der Waals surface area contributed by atoms with Crippen LogP contribution < -0.4 is 16.4 Å². The van der Waals surface area contributed by atoms with Crippen LogP contribution in [-0.4, -0.2) is 119 Å². The predicted octanol–water partition coefficient (Wildman–Crippen LogP) is 4.37. The number of halogens is 4. The molecule has 1 aromatic carbocycles. The maximum Gasteiger partial charge on any atom is 0.418 e. The summed E-state index contributed by atoms with van der Waals surface area (Å²) in [7, 11) is 0. The molecule has 4 N–H and O–H groups in total. The van der Waals surface area contributed by atoms with E-state index in [1.54, 1.807) is 14.7 Å². The molecule has 2 aromatic rings. The number of nitrogens with two attached hydrogens (primary N) is 1. The van der Waals surface area contributed by atoms with Gasteiger partial charge in [0, 0.05) is 69.9 Å². The van der Waals surface area contributed by atoms with Crippen LogP contribution in [-0.2, 0) is 23.9 Å². The number of rotatable bonds is 6.